The predicted octanol–water partition coefficient (Wildman–Crippen LogP) is 16.6. The van der Waals surface area contributed by atoms with Gasteiger partial charge in [-0.15, -0.1) is 0 Å². The molecule has 2 aliphatic carbocycles. The molecular formula is C56H96N2O2. The Balaban J connectivity index is 1.29. The molecule has 2 N–H and O–H groups in total. The van der Waals surface area contributed by atoms with Crippen LogP contribution in [0.15, 0.2) is 69.9 Å². The first-order chi connectivity index (χ1) is 29.1. The average Bonchev–Trinajstić information content (AvgIpc) is 3.22. The van der Waals surface area contributed by atoms with Crippen LogP contribution in [0.5, 0.6) is 0 Å². The first-order valence-corrected chi connectivity index (χ1v) is 25.6. The molecule has 4 heteroatoms. The highest BCUT2D eigenvalue weighted by Crippen LogP contribution is 2.28. The van der Waals surface area contributed by atoms with E-state index in [4.69, 9.17) is 0 Å². The van der Waals surface area contributed by atoms with Crippen LogP contribution in [0.3, 0.4) is 0 Å². The number of rotatable bonds is 35. The van der Waals surface area contributed by atoms with Crippen molar-refractivity contribution in [2.24, 2.45) is 11.8 Å². The first-order valence-electron chi connectivity index (χ1n) is 25.6. The fourth-order valence-electron chi connectivity index (χ4n) is 8.89. The van der Waals surface area contributed by atoms with Crippen LogP contribution in [-0.4, -0.2) is 24.9 Å². The van der Waals surface area contributed by atoms with Crippen molar-refractivity contribution in [3.63, 3.8) is 0 Å². The minimum absolute atomic E-state index is 0.179. The molecule has 0 radical (unpaired) electrons. The van der Waals surface area contributed by atoms with Gasteiger partial charge in [-0.1, -0.05) is 173 Å². The third-order valence-electron chi connectivity index (χ3n) is 13.1. The molecular weight excluding hydrogens is 733 g/mol. The van der Waals surface area contributed by atoms with Gasteiger partial charge in [0.25, 0.3) is 0 Å². The lowest BCUT2D eigenvalue weighted by Crippen LogP contribution is -2.32. The summed E-state index contributed by atoms with van der Waals surface area (Å²) in [5.41, 5.74) is 8.91. The number of allylic oxidation sites excluding steroid dienone is 12. The molecule has 0 saturated carbocycles. The quantitative estimate of drug-likeness (QED) is 0.0494. The zero-order chi connectivity index (χ0) is 43.5. The number of hydrogen-bond acceptors (Lipinski definition) is 2. The van der Waals surface area contributed by atoms with Gasteiger partial charge in [0.05, 0.1) is 0 Å². The second-order valence-electron chi connectivity index (χ2n) is 19.4. The Hall–Kier alpha value is -2.62. The molecule has 4 nitrogen and oxygen atoms in total. The third kappa shape index (κ3) is 29.6. The van der Waals surface area contributed by atoms with Crippen LogP contribution in [-0.2, 0) is 9.59 Å². The maximum absolute atomic E-state index is 12.7. The predicted molar refractivity (Wildman–Crippen MR) is 263 cm³/mol. The van der Waals surface area contributed by atoms with Gasteiger partial charge in [0.1, 0.15) is 0 Å². The Morgan fingerprint density at radius 2 is 0.783 bits per heavy atom. The van der Waals surface area contributed by atoms with Gasteiger partial charge in [-0.2, -0.15) is 0 Å². The molecule has 0 heterocycles. The van der Waals surface area contributed by atoms with E-state index in [1.54, 1.807) is 11.1 Å². The normalized spacial score (nSPS) is 17.2. The summed E-state index contributed by atoms with van der Waals surface area (Å²) in [7, 11) is 0. The molecule has 2 atom stereocenters. The first kappa shape index (κ1) is 53.5. The molecule has 0 saturated heterocycles. The van der Waals surface area contributed by atoms with Crippen molar-refractivity contribution in [2.45, 2.75) is 247 Å². The van der Waals surface area contributed by atoms with Crippen LogP contribution in [0.4, 0.5) is 0 Å². The SMILES string of the molecule is CC(C)=CCC/C(C)=C/CCC1=CCC(C(=O)NCCCCCCCCCCCCCCCCCCCCNC(=O)C2CC=C(CC/C=C(\C)CCC=C(C)C)CC2)CC1. The van der Waals surface area contributed by atoms with Crippen molar-refractivity contribution >= 4 is 11.8 Å². The highest BCUT2D eigenvalue weighted by molar-refractivity contribution is 5.79. The van der Waals surface area contributed by atoms with Crippen LogP contribution in [0.1, 0.15) is 247 Å². The number of hydrogen-bond donors (Lipinski definition) is 2. The van der Waals surface area contributed by atoms with Crippen LogP contribution < -0.4 is 10.6 Å². The summed E-state index contributed by atoms with van der Waals surface area (Å²) in [4.78, 5) is 25.4. The van der Waals surface area contributed by atoms with E-state index in [0.717, 1.165) is 103 Å². The zero-order valence-corrected chi connectivity index (χ0v) is 40.5. The molecule has 0 spiro atoms. The molecule has 2 aliphatic rings. The van der Waals surface area contributed by atoms with Crippen molar-refractivity contribution in [1.29, 1.82) is 0 Å². The molecule has 0 bridgehead atoms. The van der Waals surface area contributed by atoms with E-state index in [-0.39, 0.29) is 23.7 Å². The van der Waals surface area contributed by atoms with Crippen molar-refractivity contribution in [3.05, 3.63) is 69.9 Å². The van der Waals surface area contributed by atoms with Crippen LogP contribution >= 0.6 is 0 Å². The highest BCUT2D eigenvalue weighted by Gasteiger charge is 2.22. The number of carbonyl (C=O) groups excluding carboxylic acids is 2. The van der Waals surface area contributed by atoms with E-state index >= 15 is 0 Å². The Kier molecular flexibility index (Phi) is 32.0. The minimum atomic E-state index is 0.179. The summed E-state index contributed by atoms with van der Waals surface area (Å²) < 4.78 is 0. The lowest BCUT2D eigenvalue weighted by Gasteiger charge is -2.21. The van der Waals surface area contributed by atoms with Gasteiger partial charge in [0.2, 0.25) is 11.8 Å². The second kappa shape index (κ2) is 35.9. The van der Waals surface area contributed by atoms with Gasteiger partial charge in [0.15, 0.2) is 0 Å². The Morgan fingerprint density at radius 1 is 0.467 bits per heavy atom. The number of amides is 2. The van der Waals surface area contributed by atoms with Crippen molar-refractivity contribution in [2.75, 3.05) is 13.1 Å². The van der Waals surface area contributed by atoms with Gasteiger partial charge in [-0.25, -0.2) is 0 Å². The molecule has 2 amide bonds. The molecule has 2 unspecified atom stereocenters. The topological polar surface area (TPSA) is 58.2 Å². The van der Waals surface area contributed by atoms with Crippen LogP contribution in [0.25, 0.3) is 0 Å². The largest absolute Gasteiger partial charge is 0.356 e. The maximum atomic E-state index is 12.7. The summed E-state index contributed by atoms with van der Waals surface area (Å²) in [6, 6.07) is 0. The number of unbranched alkanes of at least 4 members (excludes halogenated alkanes) is 17. The van der Waals surface area contributed by atoms with E-state index in [2.05, 4.69) is 88.6 Å². The van der Waals surface area contributed by atoms with Gasteiger partial charge in [0, 0.05) is 24.9 Å². The second-order valence-corrected chi connectivity index (χ2v) is 19.4. The number of nitrogens with one attached hydrogen (secondary N) is 2. The van der Waals surface area contributed by atoms with Crippen molar-refractivity contribution in [1.82, 2.24) is 10.6 Å². The summed E-state index contributed by atoms with van der Waals surface area (Å²) in [5, 5.41) is 6.47. The van der Waals surface area contributed by atoms with Gasteiger partial charge < -0.3 is 10.6 Å². The molecule has 0 fully saturated rings. The summed E-state index contributed by atoms with van der Waals surface area (Å²) >= 11 is 0. The molecule has 0 aromatic rings. The summed E-state index contributed by atoms with van der Waals surface area (Å²) in [6.07, 6.45) is 53.4. The van der Waals surface area contributed by atoms with Crippen LogP contribution in [0.2, 0.25) is 0 Å². The van der Waals surface area contributed by atoms with E-state index < -0.39 is 0 Å². The molecule has 60 heavy (non-hydrogen) atoms. The Labute approximate surface area is 372 Å². The molecule has 0 aromatic heterocycles. The van der Waals surface area contributed by atoms with E-state index in [1.165, 1.54) is 138 Å². The van der Waals surface area contributed by atoms with Gasteiger partial charge in [-0.3, -0.25) is 9.59 Å². The Bertz CT molecular complexity index is 1230. The van der Waals surface area contributed by atoms with E-state index in [9.17, 15) is 9.59 Å². The molecule has 342 valence electrons. The summed E-state index contributed by atoms with van der Waals surface area (Å²) in [6.45, 7) is 14.9. The highest BCUT2D eigenvalue weighted by atomic mass is 16.2. The molecule has 2 rings (SSSR count). The van der Waals surface area contributed by atoms with E-state index in [1.807, 2.05) is 0 Å². The lowest BCUT2D eigenvalue weighted by molar-refractivity contribution is -0.126. The summed E-state index contributed by atoms with van der Waals surface area (Å²) in [5.74, 6) is 0.919. The number of carbonyl (C=O) groups is 2. The monoisotopic (exact) mass is 829 g/mol. The zero-order valence-electron chi connectivity index (χ0n) is 40.5. The van der Waals surface area contributed by atoms with Crippen LogP contribution in [0, 0.1) is 11.8 Å². The fourth-order valence-corrected chi connectivity index (χ4v) is 8.89. The lowest BCUT2D eigenvalue weighted by atomic mass is 9.87. The Morgan fingerprint density at radius 3 is 1.07 bits per heavy atom. The van der Waals surface area contributed by atoms with Gasteiger partial charge in [-0.05, 0) is 144 Å². The minimum Gasteiger partial charge on any atom is -0.356 e. The standard InChI is InChI=1S/C56H96N2O2/c1-47(2)29-25-31-49(5)33-27-35-51-37-41-53(42-38-51)55(59)57-45-23-21-19-17-15-13-11-9-7-8-10-12-14-16-18-20-22-24-46-58-56(60)54-43-39-52(40-44-54)36-28-34-50(6)32-26-30-48(3)4/h29-30,33-34,37,39,53-54H,7-28,31-32,35-36,38,40-46H2,1-6H3,(H,57,59)(H,58,60)/b49-33+,50-34+. The average molecular weight is 829 g/mol. The third-order valence-corrected chi connectivity index (χ3v) is 13.1. The smallest absolute Gasteiger partial charge is 0.223 e. The molecule has 0 aliphatic heterocycles. The van der Waals surface area contributed by atoms with Crippen molar-refractivity contribution in [3.8, 4) is 0 Å². The maximum Gasteiger partial charge on any atom is 0.223 e. The van der Waals surface area contributed by atoms with Gasteiger partial charge >= 0.3 is 0 Å². The molecule has 0 aromatic carbocycles. The van der Waals surface area contributed by atoms with E-state index in [0.29, 0.717) is 0 Å². The van der Waals surface area contributed by atoms with Crippen molar-refractivity contribution < 1.29 is 9.59 Å². The fraction of sp³-hybridized carbons (Fsp3) is 0.750.